The van der Waals surface area contributed by atoms with Gasteiger partial charge in [-0.05, 0) is 24.9 Å². The summed E-state index contributed by atoms with van der Waals surface area (Å²) in [6.45, 7) is 1.30. The van der Waals surface area contributed by atoms with Gasteiger partial charge in [-0.3, -0.25) is 0 Å². The fraction of sp³-hybridized carbons (Fsp3) is 0.455. The van der Waals surface area contributed by atoms with Crippen LogP contribution in [0.1, 0.15) is 5.56 Å². The van der Waals surface area contributed by atoms with Crippen LogP contribution in [-0.4, -0.2) is 30.9 Å². The third-order valence-electron chi connectivity index (χ3n) is 2.49. The van der Waals surface area contributed by atoms with E-state index < -0.39 is 0 Å². The van der Waals surface area contributed by atoms with Crippen molar-refractivity contribution in [2.75, 3.05) is 26.0 Å². The maximum Gasteiger partial charge on any atom is 0.0184 e. The summed E-state index contributed by atoms with van der Waals surface area (Å²) in [5, 5.41) is 0. The van der Waals surface area contributed by atoms with Crippen molar-refractivity contribution in [3.05, 3.63) is 35.9 Å². The Morgan fingerprint density at radius 2 is 2.08 bits per heavy atom. The van der Waals surface area contributed by atoms with Gasteiger partial charge in [-0.25, -0.2) is 0 Å². The van der Waals surface area contributed by atoms with E-state index in [-0.39, 0.29) is 7.92 Å². The monoisotopic (exact) mass is 193 g/mol. The van der Waals surface area contributed by atoms with Crippen LogP contribution < -0.4 is 0 Å². The maximum absolute atomic E-state index is 2.45. The van der Waals surface area contributed by atoms with Gasteiger partial charge in [0.05, 0.1) is 0 Å². The van der Waals surface area contributed by atoms with Gasteiger partial charge in [-0.1, -0.05) is 38.3 Å². The highest BCUT2D eigenvalue weighted by Gasteiger charge is 2.18. The average Bonchev–Trinajstić information content (AvgIpc) is 2.53. The highest BCUT2D eigenvalue weighted by atomic mass is 31.1. The van der Waals surface area contributed by atoms with Crippen molar-refractivity contribution in [2.45, 2.75) is 6.16 Å². The first-order valence-electron chi connectivity index (χ1n) is 4.79. The van der Waals surface area contributed by atoms with Crippen LogP contribution in [0.5, 0.6) is 0 Å². The predicted octanol–water partition coefficient (Wildman–Crippen LogP) is 2.57. The van der Waals surface area contributed by atoms with Crippen molar-refractivity contribution in [3.8, 4) is 0 Å². The van der Waals surface area contributed by atoms with Crippen molar-refractivity contribution in [2.24, 2.45) is 0 Å². The van der Waals surface area contributed by atoms with E-state index in [2.05, 4.69) is 42.3 Å². The number of nitrogens with zero attached hydrogens (tertiary/aromatic N) is 1. The van der Waals surface area contributed by atoms with E-state index in [0.717, 1.165) is 0 Å². The van der Waals surface area contributed by atoms with E-state index in [1.54, 1.807) is 0 Å². The Kier molecular flexibility index (Phi) is 2.97. The van der Waals surface area contributed by atoms with E-state index in [9.17, 15) is 0 Å². The van der Waals surface area contributed by atoms with Gasteiger partial charge in [0.1, 0.15) is 0 Å². The lowest BCUT2D eigenvalue weighted by atomic mass is 10.2. The van der Waals surface area contributed by atoms with E-state index >= 15 is 0 Å². The van der Waals surface area contributed by atoms with E-state index in [1.165, 1.54) is 30.7 Å². The van der Waals surface area contributed by atoms with Crippen molar-refractivity contribution < 1.29 is 0 Å². The zero-order valence-electron chi connectivity index (χ0n) is 8.11. The Morgan fingerprint density at radius 3 is 2.69 bits per heavy atom. The molecule has 0 amide bonds. The number of rotatable bonds is 2. The number of benzene rings is 1. The lowest BCUT2D eigenvalue weighted by Gasteiger charge is -2.10. The molecule has 0 spiro atoms. The Balaban J connectivity index is 1.92. The van der Waals surface area contributed by atoms with Crippen LogP contribution >= 0.6 is 7.92 Å². The van der Waals surface area contributed by atoms with Crippen molar-refractivity contribution in [1.29, 1.82) is 0 Å². The van der Waals surface area contributed by atoms with E-state index in [1.807, 2.05) is 0 Å². The van der Waals surface area contributed by atoms with Crippen LogP contribution in [0.4, 0.5) is 0 Å². The Bertz CT molecular complexity index is 260. The molecule has 1 nitrogen and oxygen atoms in total. The number of hydrogen-bond acceptors (Lipinski definition) is 1. The fourth-order valence-electron chi connectivity index (χ4n) is 1.77. The first-order valence-corrected chi connectivity index (χ1v) is 6.69. The molecule has 2 rings (SSSR count). The molecule has 70 valence electrons. The molecule has 1 atom stereocenters. The van der Waals surface area contributed by atoms with Gasteiger partial charge in [0.2, 0.25) is 0 Å². The first-order chi connectivity index (χ1) is 6.34. The fourth-order valence-corrected chi connectivity index (χ4v) is 4.34. The second-order valence-corrected chi connectivity index (χ2v) is 6.15. The molecular formula is C11H16NP. The number of hydrogen-bond donors (Lipinski definition) is 0. The summed E-state index contributed by atoms with van der Waals surface area (Å²) in [4.78, 5) is 2.45. The Morgan fingerprint density at radius 1 is 1.31 bits per heavy atom. The standard InChI is InChI=1S/C11H16NP/c1-12-7-8-13(10-12)9-11-5-3-2-4-6-11/h2-6H,7-10H2,1H3/t13-/m1/s1. The SMILES string of the molecule is CN1CC[P@](Cc2ccccc2)C1. The minimum atomic E-state index is 0.265. The Hall–Kier alpha value is -0.390. The van der Waals surface area contributed by atoms with E-state index in [0.29, 0.717) is 0 Å². The topological polar surface area (TPSA) is 3.24 Å². The molecule has 1 fully saturated rings. The molecule has 1 heterocycles. The summed E-state index contributed by atoms with van der Waals surface area (Å²) in [7, 11) is 2.49. The molecule has 1 aromatic rings. The summed E-state index contributed by atoms with van der Waals surface area (Å²) in [5.74, 6) is 0. The molecule has 0 N–H and O–H groups in total. The third kappa shape index (κ3) is 2.52. The molecule has 0 unspecified atom stereocenters. The highest BCUT2D eigenvalue weighted by Crippen LogP contribution is 2.43. The van der Waals surface area contributed by atoms with Gasteiger partial charge in [0.25, 0.3) is 0 Å². The normalized spacial score (nSPS) is 23.6. The lowest BCUT2D eigenvalue weighted by Crippen LogP contribution is -2.11. The van der Waals surface area contributed by atoms with Gasteiger partial charge < -0.3 is 4.90 Å². The van der Waals surface area contributed by atoms with Gasteiger partial charge in [-0.15, -0.1) is 0 Å². The second-order valence-electron chi connectivity index (χ2n) is 3.76. The van der Waals surface area contributed by atoms with Gasteiger partial charge in [0.15, 0.2) is 0 Å². The minimum Gasteiger partial charge on any atom is -0.302 e. The van der Waals surface area contributed by atoms with Gasteiger partial charge in [0, 0.05) is 12.8 Å². The van der Waals surface area contributed by atoms with Crippen LogP contribution in [0, 0.1) is 0 Å². The average molecular weight is 193 g/mol. The summed E-state index contributed by atoms with van der Waals surface area (Å²) >= 11 is 0. The maximum atomic E-state index is 2.45. The highest BCUT2D eigenvalue weighted by molar-refractivity contribution is 7.57. The summed E-state index contributed by atoms with van der Waals surface area (Å²) in [5.41, 5.74) is 1.52. The van der Waals surface area contributed by atoms with Crippen LogP contribution in [0.3, 0.4) is 0 Å². The summed E-state index contributed by atoms with van der Waals surface area (Å²) in [6.07, 6.45) is 4.09. The Labute approximate surface area is 81.5 Å². The van der Waals surface area contributed by atoms with Gasteiger partial charge >= 0.3 is 0 Å². The minimum absolute atomic E-state index is 0.265. The summed E-state index contributed by atoms with van der Waals surface area (Å²) in [6, 6.07) is 10.9. The lowest BCUT2D eigenvalue weighted by molar-refractivity contribution is 0.437. The van der Waals surface area contributed by atoms with Crippen molar-refractivity contribution in [3.63, 3.8) is 0 Å². The molecule has 0 saturated carbocycles. The van der Waals surface area contributed by atoms with Crippen LogP contribution in [0.2, 0.25) is 0 Å². The third-order valence-corrected chi connectivity index (χ3v) is 5.02. The molecular weight excluding hydrogens is 177 g/mol. The molecule has 1 aliphatic rings. The quantitative estimate of drug-likeness (QED) is 0.652. The zero-order chi connectivity index (χ0) is 9.10. The van der Waals surface area contributed by atoms with Crippen molar-refractivity contribution >= 4 is 7.92 Å². The molecule has 2 heteroatoms. The smallest absolute Gasteiger partial charge is 0.0184 e. The summed E-state index contributed by atoms with van der Waals surface area (Å²) < 4.78 is 0. The zero-order valence-corrected chi connectivity index (χ0v) is 9.00. The van der Waals surface area contributed by atoms with Crippen LogP contribution in [0.25, 0.3) is 0 Å². The molecule has 0 bridgehead atoms. The molecule has 0 radical (unpaired) electrons. The molecule has 0 aromatic heterocycles. The van der Waals surface area contributed by atoms with Gasteiger partial charge in [-0.2, -0.15) is 0 Å². The largest absolute Gasteiger partial charge is 0.302 e. The molecule has 1 aromatic carbocycles. The molecule has 1 saturated heterocycles. The first kappa shape index (κ1) is 9.18. The van der Waals surface area contributed by atoms with E-state index in [4.69, 9.17) is 0 Å². The molecule has 0 aliphatic carbocycles. The molecule has 13 heavy (non-hydrogen) atoms. The molecule has 1 aliphatic heterocycles. The van der Waals surface area contributed by atoms with Crippen LogP contribution in [-0.2, 0) is 6.16 Å². The van der Waals surface area contributed by atoms with Crippen molar-refractivity contribution in [1.82, 2.24) is 4.90 Å². The predicted molar refractivity (Wildman–Crippen MR) is 59.4 cm³/mol. The van der Waals surface area contributed by atoms with Crippen LogP contribution in [0.15, 0.2) is 30.3 Å². The second kappa shape index (κ2) is 4.21.